The Morgan fingerprint density at radius 3 is 2.55 bits per heavy atom. The number of aryl methyl sites for hydroxylation is 2. The van der Waals surface area contributed by atoms with Gasteiger partial charge in [-0.05, 0) is 38.9 Å². The normalized spacial score (nSPS) is 12.1. The molecule has 0 heterocycles. The van der Waals surface area contributed by atoms with Crippen LogP contribution < -0.4 is 10.6 Å². The lowest BCUT2D eigenvalue weighted by Gasteiger charge is -2.20. The highest BCUT2D eigenvalue weighted by molar-refractivity contribution is 5.79. The molecule has 1 aromatic carbocycles. The molecule has 2 N–H and O–H groups in total. The first-order chi connectivity index (χ1) is 10.3. The molecule has 122 valence electrons. The molecule has 1 rings (SSSR count). The second-order valence-corrected chi connectivity index (χ2v) is 5.81. The molecule has 22 heavy (non-hydrogen) atoms. The third-order valence-corrected chi connectivity index (χ3v) is 3.69. The molecule has 5 nitrogen and oxygen atoms in total. The van der Waals surface area contributed by atoms with Crippen molar-refractivity contribution in [3.8, 4) is 0 Å². The van der Waals surface area contributed by atoms with Crippen LogP contribution in [0.1, 0.15) is 36.1 Å². The molecule has 0 unspecified atom stereocenters. The van der Waals surface area contributed by atoms with Crippen molar-refractivity contribution in [2.45, 2.75) is 33.2 Å². The molecule has 5 heteroatoms. The van der Waals surface area contributed by atoms with Crippen molar-refractivity contribution in [1.29, 1.82) is 0 Å². The van der Waals surface area contributed by atoms with Gasteiger partial charge in [0.2, 0.25) is 11.8 Å². The molecule has 0 aliphatic carbocycles. The average molecular weight is 305 g/mol. The molecule has 0 saturated carbocycles. The minimum atomic E-state index is -0.0344. The number of hydrogen-bond acceptors (Lipinski definition) is 3. The summed E-state index contributed by atoms with van der Waals surface area (Å²) in [6, 6.07) is 6.22. The monoisotopic (exact) mass is 305 g/mol. The van der Waals surface area contributed by atoms with E-state index < -0.39 is 0 Å². The van der Waals surface area contributed by atoms with Crippen LogP contribution in [0.25, 0.3) is 0 Å². The molecule has 0 aliphatic heterocycles. The Balaban J connectivity index is 2.50. The molecule has 0 saturated heterocycles. The van der Waals surface area contributed by atoms with E-state index in [9.17, 15) is 9.59 Å². The van der Waals surface area contributed by atoms with Gasteiger partial charge in [-0.25, -0.2) is 0 Å². The average Bonchev–Trinajstić information content (AvgIpc) is 2.46. The summed E-state index contributed by atoms with van der Waals surface area (Å²) in [6.45, 7) is 6.93. The fourth-order valence-corrected chi connectivity index (χ4v) is 2.33. The molecule has 0 aromatic heterocycles. The number of nitrogens with zero attached hydrogens (tertiary/aromatic N) is 1. The van der Waals surface area contributed by atoms with Gasteiger partial charge < -0.3 is 10.6 Å². The predicted molar refractivity (Wildman–Crippen MR) is 88.7 cm³/mol. The molecule has 0 aliphatic rings. The molecular formula is C17H27N3O2. The third kappa shape index (κ3) is 5.85. The highest BCUT2D eigenvalue weighted by atomic mass is 16.2. The van der Waals surface area contributed by atoms with Gasteiger partial charge in [0.05, 0.1) is 12.6 Å². The lowest BCUT2D eigenvalue weighted by Crippen LogP contribution is -2.38. The summed E-state index contributed by atoms with van der Waals surface area (Å²) in [7, 11) is 3.45. The van der Waals surface area contributed by atoms with Gasteiger partial charge in [0, 0.05) is 20.0 Å². The first kappa shape index (κ1) is 18.2. The number of rotatable bonds is 7. The van der Waals surface area contributed by atoms with E-state index >= 15 is 0 Å². The summed E-state index contributed by atoms with van der Waals surface area (Å²) < 4.78 is 0. The van der Waals surface area contributed by atoms with Gasteiger partial charge in [-0.2, -0.15) is 0 Å². The highest BCUT2D eigenvalue weighted by Gasteiger charge is 2.13. The van der Waals surface area contributed by atoms with Crippen LogP contribution in [0.5, 0.6) is 0 Å². The van der Waals surface area contributed by atoms with E-state index in [1.165, 1.54) is 11.1 Å². The van der Waals surface area contributed by atoms with Crippen LogP contribution in [0.15, 0.2) is 18.2 Å². The Bertz CT molecular complexity index is 529. The van der Waals surface area contributed by atoms with Gasteiger partial charge in [0.25, 0.3) is 0 Å². The minimum Gasteiger partial charge on any atom is -0.359 e. The Kier molecular flexibility index (Phi) is 7.05. The van der Waals surface area contributed by atoms with E-state index in [4.69, 9.17) is 0 Å². The van der Waals surface area contributed by atoms with Gasteiger partial charge in [0.1, 0.15) is 0 Å². The molecular weight excluding hydrogens is 278 g/mol. The molecule has 0 fully saturated rings. The number of hydrogen-bond donors (Lipinski definition) is 2. The lowest BCUT2D eigenvalue weighted by atomic mass is 10.00. The van der Waals surface area contributed by atoms with E-state index in [1.54, 1.807) is 7.05 Å². The van der Waals surface area contributed by atoms with E-state index in [1.807, 2.05) is 32.7 Å². The summed E-state index contributed by atoms with van der Waals surface area (Å²) in [4.78, 5) is 25.1. The second-order valence-electron chi connectivity index (χ2n) is 5.81. The third-order valence-electron chi connectivity index (χ3n) is 3.69. The van der Waals surface area contributed by atoms with E-state index in [2.05, 4.69) is 28.8 Å². The highest BCUT2D eigenvalue weighted by Crippen LogP contribution is 2.18. The van der Waals surface area contributed by atoms with Crippen molar-refractivity contribution in [3.63, 3.8) is 0 Å². The van der Waals surface area contributed by atoms with Crippen molar-refractivity contribution in [3.05, 3.63) is 34.9 Å². The zero-order valence-corrected chi connectivity index (χ0v) is 14.2. The number of amides is 2. The zero-order chi connectivity index (χ0) is 16.7. The number of carbonyl (C=O) groups excluding carboxylic acids is 2. The minimum absolute atomic E-state index is 0.0176. The molecule has 0 bridgehead atoms. The van der Waals surface area contributed by atoms with E-state index in [0.717, 1.165) is 5.56 Å². The number of likely N-dealkylation sites (N-methyl/N-ethyl adjacent to an activating group) is 1. The SMILES string of the molecule is CNC(=O)CCN(C)CC(=O)N[C@@H](C)c1cc(C)ccc1C. The number of benzene rings is 1. The first-order valence-corrected chi connectivity index (χ1v) is 7.59. The van der Waals surface area contributed by atoms with Gasteiger partial charge >= 0.3 is 0 Å². The fraction of sp³-hybridized carbons (Fsp3) is 0.529. The van der Waals surface area contributed by atoms with Gasteiger partial charge in [-0.1, -0.05) is 23.8 Å². The van der Waals surface area contributed by atoms with Crippen LogP contribution in [0, 0.1) is 13.8 Å². The summed E-state index contributed by atoms with van der Waals surface area (Å²) in [5, 5.41) is 5.59. The quantitative estimate of drug-likeness (QED) is 0.803. The van der Waals surface area contributed by atoms with Gasteiger partial charge in [-0.15, -0.1) is 0 Å². The van der Waals surface area contributed by atoms with Crippen molar-refractivity contribution >= 4 is 11.8 Å². The maximum absolute atomic E-state index is 12.1. The van der Waals surface area contributed by atoms with Crippen LogP contribution in [0.3, 0.4) is 0 Å². The molecule has 1 aromatic rings. The topological polar surface area (TPSA) is 61.4 Å². The Morgan fingerprint density at radius 1 is 1.23 bits per heavy atom. The van der Waals surface area contributed by atoms with Crippen molar-refractivity contribution in [2.75, 3.05) is 27.2 Å². The molecule has 2 amide bonds. The summed E-state index contributed by atoms with van der Waals surface area (Å²) in [5.41, 5.74) is 3.50. The summed E-state index contributed by atoms with van der Waals surface area (Å²) in [6.07, 6.45) is 0.396. The van der Waals surface area contributed by atoms with Crippen molar-refractivity contribution < 1.29 is 9.59 Å². The van der Waals surface area contributed by atoms with Crippen LogP contribution in [-0.2, 0) is 9.59 Å². The molecule has 0 spiro atoms. The van der Waals surface area contributed by atoms with Crippen LogP contribution >= 0.6 is 0 Å². The van der Waals surface area contributed by atoms with Crippen molar-refractivity contribution in [1.82, 2.24) is 15.5 Å². The molecule has 1 atom stereocenters. The Labute approximate surface area is 133 Å². The predicted octanol–water partition coefficient (Wildman–Crippen LogP) is 1.55. The number of carbonyl (C=O) groups is 2. The van der Waals surface area contributed by atoms with Crippen LogP contribution in [0.2, 0.25) is 0 Å². The first-order valence-electron chi connectivity index (χ1n) is 7.59. The Morgan fingerprint density at radius 2 is 1.91 bits per heavy atom. The summed E-state index contributed by atoms with van der Waals surface area (Å²) >= 11 is 0. The maximum Gasteiger partial charge on any atom is 0.234 e. The van der Waals surface area contributed by atoms with Crippen molar-refractivity contribution in [2.24, 2.45) is 0 Å². The van der Waals surface area contributed by atoms with Gasteiger partial charge in [0.15, 0.2) is 0 Å². The van der Waals surface area contributed by atoms with Gasteiger partial charge in [-0.3, -0.25) is 14.5 Å². The fourth-order valence-electron chi connectivity index (χ4n) is 2.33. The van der Waals surface area contributed by atoms with E-state index in [-0.39, 0.29) is 24.4 Å². The van der Waals surface area contributed by atoms with Crippen LogP contribution in [0.4, 0.5) is 0 Å². The largest absolute Gasteiger partial charge is 0.359 e. The van der Waals surface area contributed by atoms with Crippen LogP contribution in [-0.4, -0.2) is 43.9 Å². The van der Waals surface area contributed by atoms with E-state index in [0.29, 0.717) is 13.0 Å². The standard InChI is InChI=1S/C17H27N3O2/c1-12-6-7-13(2)15(10-12)14(3)19-17(22)11-20(5)9-8-16(21)18-4/h6-7,10,14H,8-9,11H2,1-5H3,(H,18,21)(H,19,22)/t14-/m0/s1. The smallest absolute Gasteiger partial charge is 0.234 e. The second kappa shape index (κ2) is 8.54. The number of nitrogens with one attached hydrogen (secondary N) is 2. The maximum atomic E-state index is 12.1. The Hall–Kier alpha value is -1.88. The summed E-state index contributed by atoms with van der Waals surface area (Å²) in [5.74, 6) is -0.0520. The lowest BCUT2D eigenvalue weighted by molar-refractivity contribution is -0.124. The molecule has 0 radical (unpaired) electrons. The zero-order valence-electron chi connectivity index (χ0n) is 14.2.